The van der Waals surface area contributed by atoms with Gasteiger partial charge in [-0.15, -0.1) is 0 Å². The fourth-order valence-electron chi connectivity index (χ4n) is 3.12. The van der Waals surface area contributed by atoms with E-state index in [2.05, 4.69) is 20.8 Å². The second-order valence-corrected chi connectivity index (χ2v) is 8.21. The van der Waals surface area contributed by atoms with Gasteiger partial charge in [-0.05, 0) is 53.3 Å². The minimum Gasteiger partial charge on any atom is -0.504 e. The molecule has 3 aromatic carbocycles. The summed E-state index contributed by atoms with van der Waals surface area (Å²) in [6, 6.07) is 18.9. The number of aromatic hydroxyl groups is 3. The van der Waals surface area contributed by atoms with Crippen LogP contribution in [0, 0.1) is 5.41 Å². The smallest absolute Gasteiger partial charge is 0.200 e. The summed E-state index contributed by atoms with van der Waals surface area (Å²) in [5.41, 5.74) is 2.10. The first-order valence-corrected chi connectivity index (χ1v) is 9.30. The Hall–Kier alpha value is -3.14. The standard InChI is InChI=1S/C24H26O4/c1-24(2,3)15-18-14-17(21(25)23(27)22(18)26)13-16-9-11-20(12-10-16)28-19-7-5-4-6-8-19/h4-12,14,25-27H,13,15H2,1-3H3. The molecule has 0 amide bonds. The molecule has 0 fully saturated rings. The third-order valence-corrected chi connectivity index (χ3v) is 4.42. The second kappa shape index (κ2) is 7.85. The minimum atomic E-state index is -0.458. The molecule has 0 aliphatic rings. The fourth-order valence-corrected chi connectivity index (χ4v) is 3.12. The van der Waals surface area contributed by atoms with Gasteiger partial charge in [-0.2, -0.15) is 0 Å². The van der Waals surface area contributed by atoms with E-state index in [4.69, 9.17) is 4.74 Å². The van der Waals surface area contributed by atoms with E-state index in [0.29, 0.717) is 24.0 Å². The largest absolute Gasteiger partial charge is 0.504 e. The van der Waals surface area contributed by atoms with Gasteiger partial charge in [0.1, 0.15) is 11.5 Å². The van der Waals surface area contributed by atoms with Crippen LogP contribution in [0.4, 0.5) is 0 Å². The zero-order chi connectivity index (χ0) is 20.3. The molecule has 146 valence electrons. The average Bonchev–Trinajstić information content (AvgIpc) is 2.65. The Morgan fingerprint density at radius 2 is 1.29 bits per heavy atom. The van der Waals surface area contributed by atoms with Crippen LogP contribution in [0.25, 0.3) is 0 Å². The Bertz CT molecular complexity index is 939. The van der Waals surface area contributed by atoms with E-state index >= 15 is 0 Å². The van der Waals surface area contributed by atoms with Crippen LogP contribution in [0.1, 0.15) is 37.5 Å². The quantitative estimate of drug-likeness (QED) is 0.493. The topological polar surface area (TPSA) is 69.9 Å². The monoisotopic (exact) mass is 378 g/mol. The van der Waals surface area contributed by atoms with Gasteiger partial charge < -0.3 is 20.1 Å². The summed E-state index contributed by atoms with van der Waals surface area (Å²) in [4.78, 5) is 0. The molecule has 0 unspecified atom stereocenters. The summed E-state index contributed by atoms with van der Waals surface area (Å²) >= 11 is 0. The van der Waals surface area contributed by atoms with E-state index in [1.807, 2.05) is 54.6 Å². The molecule has 3 aromatic rings. The van der Waals surface area contributed by atoms with Crippen molar-refractivity contribution in [3.8, 4) is 28.7 Å². The molecule has 0 atom stereocenters. The molecule has 0 spiro atoms. The number of hydrogen-bond donors (Lipinski definition) is 3. The van der Waals surface area contributed by atoms with Gasteiger partial charge in [0.15, 0.2) is 11.5 Å². The molecule has 0 bridgehead atoms. The highest BCUT2D eigenvalue weighted by Gasteiger charge is 2.21. The Morgan fingerprint density at radius 1 is 0.714 bits per heavy atom. The maximum Gasteiger partial charge on any atom is 0.200 e. The van der Waals surface area contributed by atoms with Crippen LogP contribution in [0.2, 0.25) is 0 Å². The van der Waals surface area contributed by atoms with Crippen molar-refractivity contribution in [2.24, 2.45) is 5.41 Å². The van der Waals surface area contributed by atoms with E-state index in [-0.39, 0.29) is 16.9 Å². The fraction of sp³-hybridized carbons (Fsp3) is 0.250. The summed E-state index contributed by atoms with van der Waals surface area (Å²) in [5, 5.41) is 30.6. The molecular weight excluding hydrogens is 352 g/mol. The maximum absolute atomic E-state index is 10.3. The van der Waals surface area contributed by atoms with Gasteiger partial charge >= 0.3 is 0 Å². The number of ether oxygens (including phenoxy) is 1. The first-order chi connectivity index (χ1) is 13.2. The zero-order valence-corrected chi connectivity index (χ0v) is 16.4. The van der Waals surface area contributed by atoms with Crippen LogP contribution in [-0.2, 0) is 12.8 Å². The summed E-state index contributed by atoms with van der Waals surface area (Å²) < 4.78 is 5.79. The van der Waals surface area contributed by atoms with E-state index in [1.165, 1.54) is 0 Å². The number of phenols is 3. The summed E-state index contributed by atoms with van der Waals surface area (Å²) in [5.74, 6) is 0.507. The van der Waals surface area contributed by atoms with Gasteiger partial charge in [-0.3, -0.25) is 0 Å². The molecule has 0 saturated heterocycles. The van der Waals surface area contributed by atoms with Crippen molar-refractivity contribution >= 4 is 0 Å². The maximum atomic E-state index is 10.3. The van der Waals surface area contributed by atoms with Crippen LogP contribution in [0.5, 0.6) is 28.7 Å². The average molecular weight is 378 g/mol. The van der Waals surface area contributed by atoms with Gasteiger partial charge in [0.25, 0.3) is 0 Å². The molecule has 0 saturated carbocycles. The third kappa shape index (κ3) is 4.77. The second-order valence-electron chi connectivity index (χ2n) is 8.21. The van der Waals surface area contributed by atoms with Gasteiger partial charge in [0.05, 0.1) is 0 Å². The van der Waals surface area contributed by atoms with Crippen molar-refractivity contribution in [2.45, 2.75) is 33.6 Å². The lowest BCUT2D eigenvalue weighted by Gasteiger charge is -2.20. The van der Waals surface area contributed by atoms with Crippen molar-refractivity contribution in [1.29, 1.82) is 0 Å². The summed E-state index contributed by atoms with van der Waals surface area (Å²) in [6.45, 7) is 6.17. The van der Waals surface area contributed by atoms with E-state index < -0.39 is 5.75 Å². The Labute approximate surface area is 165 Å². The number of hydrogen-bond acceptors (Lipinski definition) is 4. The van der Waals surface area contributed by atoms with Crippen LogP contribution >= 0.6 is 0 Å². The van der Waals surface area contributed by atoms with Crippen molar-refractivity contribution < 1.29 is 20.1 Å². The minimum absolute atomic E-state index is 0.0609. The van der Waals surface area contributed by atoms with E-state index in [0.717, 1.165) is 17.1 Å². The highest BCUT2D eigenvalue weighted by atomic mass is 16.5. The highest BCUT2D eigenvalue weighted by molar-refractivity contribution is 5.58. The lowest BCUT2D eigenvalue weighted by atomic mass is 9.86. The van der Waals surface area contributed by atoms with Crippen LogP contribution < -0.4 is 4.74 Å². The molecular formula is C24H26O4. The normalized spacial score (nSPS) is 11.4. The first kappa shape index (κ1) is 19.6. The van der Waals surface area contributed by atoms with E-state index in [1.54, 1.807) is 6.07 Å². The molecule has 28 heavy (non-hydrogen) atoms. The molecule has 0 aliphatic carbocycles. The molecule has 0 radical (unpaired) electrons. The van der Waals surface area contributed by atoms with Crippen molar-refractivity contribution in [1.82, 2.24) is 0 Å². The van der Waals surface area contributed by atoms with Gasteiger partial charge in [-0.1, -0.05) is 51.1 Å². The molecule has 3 N–H and O–H groups in total. The van der Waals surface area contributed by atoms with Crippen molar-refractivity contribution in [2.75, 3.05) is 0 Å². The summed E-state index contributed by atoms with van der Waals surface area (Å²) in [7, 11) is 0. The Balaban J connectivity index is 1.81. The molecule has 0 aromatic heterocycles. The molecule has 4 nitrogen and oxygen atoms in total. The Morgan fingerprint density at radius 3 is 1.89 bits per heavy atom. The van der Waals surface area contributed by atoms with Crippen LogP contribution in [-0.4, -0.2) is 15.3 Å². The number of rotatable bonds is 5. The molecule has 4 heteroatoms. The Kier molecular flexibility index (Phi) is 5.50. The predicted molar refractivity (Wildman–Crippen MR) is 110 cm³/mol. The van der Waals surface area contributed by atoms with Gasteiger partial charge in [0.2, 0.25) is 5.75 Å². The highest BCUT2D eigenvalue weighted by Crippen LogP contribution is 2.43. The lowest BCUT2D eigenvalue weighted by molar-refractivity contribution is 0.352. The predicted octanol–water partition coefficient (Wildman–Crippen LogP) is 5.78. The van der Waals surface area contributed by atoms with Gasteiger partial charge in [0, 0.05) is 12.0 Å². The molecule has 3 rings (SSSR count). The van der Waals surface area contributed by atoms with Gasteiger partial charge in [-0.25, -0.2) is 0 Å². The molecule has 0 heterocycles. The lowest BCUT2D eigenvalue weighted by Crippen LogP contribution is -2.09. The third-order valence-electron chi connectivity index (χ3n) is 4.42. The van der Waals surface area contributed by atoms with Crippen LogP contribution in [0.3, 0.4) is 0 Å². The summed E-state index contributed by atoms with van der Waals surface area (Å²) in [6.07, 6.45) is 1.02. The van der Waals surface area contributed by atoms with E-state index in [9.17, 15) is 15.3 Å². The first-order valence-electron chi connectivity index (χ1n) is 9.30. The SMILES string of the molecule is CC(C)(C)Cc1cc(Cc2ccc(Oc3ccccc3)cc2)c(O)c(O)c1O. The van der Waals surface area contributed by atoms with Crippen LogP contribution in [0.15, 0.2) is 60.7 Å². The van der Waals surface area contributed by atoms with Crippen molar-refractivity contribution in [3.63, 3.8) is 0 Å². The number of phenolic OH excluding ortho intramolecular Hbond substituents is 3. The van der Waals surface area contributed by atoms with Crippen molar-refractivity contribution in [3.05, 3.63) is 77.4 Å². The number of benzene rings is 3. The zero-order valence-electron chi connectivity index (χ0n) is 16.4. The molecule has 0 aliphatic heterocycles. The number of para-hydroxylation sites is 1.